The van der Waals surface area contributed by atoms with Crippen molar-refractivity contribution in [3.63, 3.8) is 0 Å². The second kappa shape index (κ2) is 7.33. The maximum atomic E-state index is 5.88. The molecule has 0 fully saturated rings. The fraction of sp³-hybridized carbons (Fsp3) is 0.769. The second-order valence-corrected chi connectivity index (χ2v) is 4.73. The molecule has 0 aliphatic carbocycles. The molecule has 4 nitrogen and oxygen atoms in total. The van der Waals surface area contributed by atoms with Gasteiger partial charge in [0.2, 0.25) is 0 Å². The number of rotatable bonds is 8. The van der Waals surface area contributed by atoms with Gasteiger partial charge in [0.1, 0.15) is 6.10 Å². The number of hydrogen-bond donors (Lipinski definition) is 1. The van der Waals surface area contributed by atoms with E-state index in [4.69, 9.17) is 4.74 Å². The summed E-state index contributed by atoms with van der Waals surface area (Å²) in [6, 6.07) is 0. The quantitative estimate of drug-likeness (QED) is 0.756. The molecule has 0 saturated carbocycles. The Morgan fingerprint density at radius 2 is 2.12 bits per heavy atom. The van der Waals surface area contributed by atoms with E-state index >= 15 is 0 Å². The van der Waals surface area contributed by atoms with Crippen LogP contribution in [0.3, 0.4) is 0 Å². The normalized spacial score (nSPS) is 13.0. The van der Waals surface area contributed by atoms with Crippen molar-refractivity contribution < 1.29 is 4.74 Å². The van der Waals surface area contributed by atoms with E-state index in [2.05, 4.69) is 38.1 Å². The van der Waals surface area contributed by atoms with Crippen molar-refractivity contribution in [1.29, 1.82) is 0 Å². The molecule has 17 heavy (non-hydrogen) atoms. The molecule has 4 heteroatoms. The lowest BCUT2D eigenvalue weighted by molar-refractivity contribution is 0.192. The van der Waals surface area contributed by atoms with Crippen LogP contribution in [0.2, 0.25) is 0 Å². The Bertz CT molecular complexity index is 309. The second-order valence-electron chi connectivity index (χ2n) is 4.73. The van der Waals surface area contributed by atoms with Crippen LogP contribution in [0.15, 0.2) is 12.4 Å². The van der Waals surface area contributed by atoms with Crippen LogP contribution in [0, 0.1) is 5.92 Å². The van der Waals surface area contributed by atoms with E-state index in [0.29, 0.717) is 5.92 Å². The highest BCUT2D eigenvalue weighted by Gasteiger charge is 2.09. The minimum absolute atomic E-state index is 0.225. The molecule has 0 aliphatic heterocycles. The molecule has 0 spiro atoms. The van der Waals surface area contributed by atoms with E-state index < -0.39 is 0 Å². The smallest absolute Gasteiger partial charge is 0.157 e. The van der Waals surface area contributed by atoms with Gasteiger partial charge in [-0.1, -0.05) is 20.8 Å². The Morgan fingerprint density at radius 1 is 1.35 bits per heavy atom. The number of nitrogens with zero attached hydrogens (tertiary/aromatic N) is 2. The summed E-state index contributed by atoms with van der Waals surface area (Å²) >= 11 is 0. The van der Waals surface area contributed by atoms with Crippen LogP contribution in [0.25, 0.3) is 0 Å². The van der Waals surface area contributed by atoms with E-state index in [-0.39, 0.29) is 6.10 Å². The lowest BCUT2D eigenvalue weighted by Gasteiger charge is -2.17. The lowest BCUT2D eigenvalue weighted by Crippen LogP contribution is -2.32. The van der Waals surface area contributed by atoms with Crippen molar-refractivity contribution in [3.05, 3.63) is 12.4 Å². The summed E-state index contributed by atoms with van der Waals surface area (Å²) in [6.45, 7) is 11.4. The molecule has 1 unspecified atom stereocenters. The highest BCUT2D eigenvalue weighted by molar-refractivity contribution is 5.12. The van der Waals surface area contributed by atoms with Gasteiger partial charge >= 0.3 is 0 Å². The van der Waals surface area contributed by atoms with Crippen molar-refractivity contribution in [3.8, 4) is 5.75 Å². The predicted molar refractivity (Wildman–Crippen MR) is 70.3 cm³/mol. The van der Waals surface area contributed by atoms with Gasteiger partial charge < -0.3 is 10.1 Å². The maximum Gasteiger partial charge on any atom is 0.157 e. The van der Waals surface area contributed by atoms with Crippen molar-refractivity contribution in [2.24, 2.45) is 5.92 Å². The average Bonchev–Trinajstić information content (AvgIpc) is 2.75. The molecule has 1 aromatic heterocycles. The van der Waals surface area contributed by atoms with Crippen LogP contribution in [0.4, 0.5) is 0 Å². The van der Waals surface area contributed by atoms with Gasteiger partial charge in [-0.15, -0.1) is 0 Å². The van der Waals surface area contributed by atoms with E-state index in [1.165, 1.54) is 0 Å². The SMILES string of the molecule is CCC(CNCC(C)C)Oc1cnn(CC)c1. The fourth-order valence-corrected chi connectivity index (χ4v) is 1.57. The standard InChI is InChI=1S/C13H25N3O/c1-5-12(8-14-7-11(3)4)17-13-9-15-16(6-2)10-13/h9-12,14H,5-8H2,1-4H3. The predicted octanol–water partition coefficient (Wildman–Crippen LogP) is 2.31. The number of hydrogen-bond acceptors (Lipinski definition) is 3. The third-order valence-electron chi connectivity index (χ3n) is 2.62. The van der Waals surface area contributed by atoms with Crippen LogP contribution in [0.5, 0.6) is 5.75 Å². The van der Waals surface area contributed by atoms with Crippen LogP contribution in [0.1, 0.15) is 34.1 Å². The minimum atomic E-state index is 0.225. The fourth-order valence-electron chi connectivity index (χ4n) is 1.57. The molecule has 0 saturated heterocycles. The van der Waals surface area contributed by atoms with Gasteiger partial charge in [0, 0.05) is 13.1 Å². The van der Waals surface area contributed by atoms with Gasteiger partial charge in [-0.05, 0) is 25.8 Å². The molecule has 1 aromatic rings. The molecule has 0 amide bonds. The van der Waals surface area contributed by atoms with Gasteiger partial charge in [0.15, 0.2) is 5.75 Å². The first kappa shape index (κ1) is 14.0. The van der Waals surface area contributed by atoms with Crippen LogP contribution in [-0.2, 0) is 6.54 Å². The zero-order valence-electron chi connectivity index (χ0n) is 11.4. The first-order valence-electron chi connectivity index (χ1n) is 6.55. The van der Waals surface area contributed by atoms with Crippen LogP contribution >= 0.6 is 0 Å². The van der Waals surface area contributed by atoms with Crippen molar-refractivity contribution in [2.45, 2.75) is 46.8 Å². The Morgan fingerprint density at radius 3 is 2.65 bits per heavy atom. The lowest BCUT2D eigenvalue weighted by atomic mass is 10.2. The number of nitrogens with one attached hydrogen (secondary N) is 1. The first-order chi connectivity index (χ1) is 8.15. The zero-order valence-corrected chi connectivity index (χ0v) is 11.4. The summed E-state index contributed by atoms with van der Waals surface area (Å²) in [5, 5.41) is 7.63. The molecule has 1 atom stereocenters. The number of ether oxygens (including phenoxy) is 1. The van der Waals surface area contributed by atoms with E-state index in [1.54, 1.807) is 6.20 Å². The van der Waals surface area contributed by atoms with Gasteiger partial charge in [-0.2, -0.15) is 5.10 Å². The van der Waals surface area contributed by atoms with Crippen LogP contribution < -0.4 is 10.1 Å². The highest BCUT2D eigenvalue weighted by Crippen LogP contribution is 2.11. The van der Waals surface area contributed by atoms with E-state index in [0.717, 1.165) is 31.8 Å². The molecular formula is C13H25N3O. The van der Waals surface area contributed by atoms with Gasteiger partial charge in [0.25, 0.3) is 0 Å². The summed E-state index contributed by atoms with van der Waals surface area (Å²) in [5.41, 5.74) is 0. The minimum Gasteiger partial charge on any atom is -0.486 e. The topological polar surface area (TPSA) is 39.1 Å². The molecule has 1 heterocycles. The van der Waals surface area contributed by atoms with E-state index in [9.17, 15) is 0 Å². The van der Waals surface area contributed by atoms with Crippen molar-refractivity contribution in [1.82, 2.24) is 15.1 Å². The summed E-state index contributed by atoms with van der Waals surface area (Å²) in [6.07, 6.45) is 4.96. The maximum absolute atomic E-state index is 5.88. The summed E-state index contributed by atoms with van der Waals surface area (Å²) in [5.74, 6) is 1.54. The zero-order chi connectivity index (χ0) is 12.7. The Hall–Kier alpha value is -1.03. The Balaban J connectivity index is 2.35. The van der Waals surface area contributed by atoms with E-state index in [1.807, 2.05) is 10.9 Å². The molecule has 1 N–H and O–H groups in total. The Kier molecular flexibility index (Phi) is 6.05. The largest absolute Gasteiger partial charge is 0.486 e. The van der Waals surface area contributed by atoms with Gasteiger partial charge in [-0.25, -0.2) is 0 Å². The molecule has 0 bridgehead atoms. The highest BCUT2D eigenvalue weighted by atomic mass is 16.5. The molecule has 0 radical (unpaired) electrons. The molecule has 1 rings (SSSR count). The summed E-state index contributed by atoms with van der Waals surface area (Å²) in [7, 11) is 0. The third kappa shape index (κ3) is 5.22. The molecule has 0 aromatic carbocycles. The van der Waals surface area contributed by atoms with Crippen molar-refractivity contribution >= 4 is 0 Å². The Labute approximate surface area is 104 Å². The third-order valence-corrected chi connectivity index (χ3v) is 2.62. The molecule has 0 aliphatic rings. The number of aromatic nitrogens is 2. The number of aryl methyl sites for hydroxylation is 1. The summed E-state index contributed by atoms with van der Waals surface area (Å²) < 4.78 is 7.76. The summed E-state index contributed by atoms with van der Waals surface area (Å²) in [4.78, 5) is 0. The first-order valence-corrected chi connectivity index (χ1v) is 6.55. The van der Waals surface area contributed by atoms with Gasteiger partial charge in [0.05, 0.1) is 12.4 Å². The van der Waals surface area contributed by atoms with Crippen LogP contribution in [-0.4, -0.2) is 29.0 Å². The molecule has 98 valence electrons. The van der Waals surface area contributed by atoms with Gasteiger partial charge in [-0.3, -0.25) is 4.68 Å². The monoisotopic (exact) mass is 239 g/mol. The van der Waals surface area contributed by atoms with Crippen molar-refractivity contribution in [2.75, 3.05) is 13.1 Å². The average molecular weight is 239 g/mol. The molecular weight excluding hydrogens is 214 g/mol.